The summed E-state index contributed by atoms with van der Waals surface area (Å²) in [6.07, 6.45) is 2.83. The monoisotopic (exact) mass is 467 g/mol. The topological polar surface area (TPSA) is 122 Å². The number of anilines is 1. The fraction of sp³-hybridized carbons (Fsp3) is 0.190. The Labute approximate surface area is 190 Å². The highest BCUT2D eigenvalue weighted by atomic mass is 35.5. The molecular weight excluding hydrogens is 454 g/mol. The van der Waals surface area contributed by atoms with Crippen molar-refractivity contribution in [3.8, 4) is 23.4 Å². The van der Waals surface area contributed by atoms with E-state index in [1.807, 2.05) is 6.07 Å². The summed E-state index contributed by atoms with van der Waals surface area (Å²) in [4.78, 5) is 32.9. The lowest BCUT2D eigenvalue weighted by Crippen LogP contribution is -2.17. The van der Waals surface area contributed by atoms with Crippen molar-refractivity contribution >= 4 is 45.6 Å². The van der Waals surface area contributed by atoms with Crippen LogP contribution in [0.2, 0.25) is 5.02 Å². The summed E-state index contributed by atoms with van der Waals surface area (Å²) in [6.45, 7) is 0. The normalized spacial score (nSPS) is 12.1. The third-order valence-corrected chi connectivity index (χ3v) is 7.09. The summed E-state index contributed by atoms with van der Waals surface area (Å²) in [7, 11) is 0. The third-order valence-electron chi connectivity index (χ3n) is 4.75. The number of carbonyl (C=O) groups excluding carboxylic acids is 1. The van der Waals surface area contributed by atoms with Crippen LogP contribution in [-0.4, -0.2) is 21.6 Å². The molecule has 0 aliphatic heterocycles. The summed E-state index contributed by atoms with van der Waals surface area (Å²) in [5, 5.41) is 22.9. The first kappa shape index (κ1) is 21.1. The van der Waals surface area contributed by atoms with Crippen LogP contribution in [0.3, 0.4) is 0 Å². The number of nitrogens with zero attached hydrogens (tertiary/aromatic N) is 3. The Balaban J connectivity index is 1.52. The van der Waals surface area contributed by atoms with Gasteiger partial charge in [0, 0.05) is 15.5 Å². The first-order valence-electron chi connectivity index (χ1n) is 9.27. The van der Waals surface area contributed by atoms with Crippen LogP contribution in [0.25, 0.3) is 11.3 Å². The summed E-state index contributed by atoms with van der Waals surface area (Å²) < 4.78 is 0. The molecule has 154 valence electrons. The molecule has 10 heteroatoms. The Morgan fingerprint density at radius 3 is 2.68 bits per heavy atom. The predicted molar refractivity (Wildman–Crippen MR) is 120 cm³/mol. The Morgan fingerprint density at radius 2 is 1.97 bits per heavy atom. The van der Waals surface area contributed by atoms with Gasteiger partial charge in [-0.2, -0.15) is 10.5 Å². The van der Waals surface area contributed by atoms with Gasteiger partial charge in [0.05, 0.1) is 17.0 Å². The van der Waals surface area contributed by atoms with Gasteiger partial charge in [0.2, 0.25) is 5.91 Å². The molecule has 2 aromatic heterocycles. The van der Waals surface area contributed by atoms with Crippen LogP contribution in [-0.2, 0) is 17.6 Å². The summed E-state index contributed by atoms with van der Waals surface area (Å²) >= 11 is 8.40. The number of H-pyrrole nitrogens is 1. The molecule has 0 radical (unpaired) electrons. The van der Waals surface area contributed by atoms with Crippen molar-refractivity contribution in [3.63, 3.8) is 0 Å². The number of aromatic nitrogens is 2. The number of amides is 1. The van der Waals surface area contributed by atoms with Crippen LogP contribution in [0.4, 0.5) is 5.00 Å². The van der Waals surface area contributed by atoms with Gasteiger partial charge < -0.3 is 10.3 Å². The molecule has 1 aliphatic rings. The summed E-state index contributed by atoms with van der Waals surface area (Å²) in [5.41, 5.74) is 1.71. The van der Waals surface area contributed by atoms with Gasteiger partial charge in [-0.25, -0.2) is 4.98 Å². The molecule has 0 saturated carbocycles. The number of benzene rings is 1. The molecule has 1 aromatic carbocycles. The summed E-state index contributed by atoms with van der Waals surface area (Å²) in [5.74, 6) is -0.316. The van der Waals surface area contributed by atoms with E-state index in [1.165, 1.54) is 11.3 Å². The van der Waals surface area contributed by atoms with Crippen molar-refractivity contribution in [1.29, 1.82) is 10.5 Å². The lowest BCUT2D eigenvalue weighted by atomic mass is 10.1. The maximum atomic E-state index is 12.5. The molecule has 0 saturated heterocycles. The number of fused-ring (bicyclic) bond motifs is 1. The first-order chi connectivity index (χ1) is 15.0. The number of aromatic amines is 1. The zero-order valence-electron chi connectivity index (χ0n) is 16.0. The first-order valence-corrected chi connectivity index (χ1v) is 11.5. The minimum Gasteiger partial charge on any atom is -0.316 e. The number of hydrogen-bond acceptors (Lipinski definition) is 7. The molecule has 7 nitrogen and oxygen atoms in total. The molecule has 2 heterocycles. The number of rotatable bonds is 5. The lowest BCUT2D eigenvalue weighted by Gasteiger charge is -2.07. The van der Waals surface area contributed by atoms with E-state index in [9.17, 15) is 20.1 Å². The van der Waals surface area contributed by atoms with Crippen molar-refractivity contribution < 1.29 is 4.79 Å². The van der Waals surface area contributed by atoms with Crippen LogP contribution in [0.15, 0.2) is 34.2 Å². The van der Waals surface area contributed by atoms with Gasteiger partial charge in [-0.15, -0.1) is 11.3 Å². The van der Waals surface area contributed by atoms with Gasteiger partial charge in [0.1, 0.15) is 22.7 Å². The highest BCUT2D eigenvalue weighted by Crippen LogP contribution is 2.38. The second-order valence-corrected chi connectivity index (χ2v) is 9.23. The Kier molecular flexibility index (Phi) is 6.10. The fourth-order valence-electron chi connectivity index (χ4n) is 3.35. The number of thiophene rings is 1. The molecule has 0 fully saturated rings. The van der Waals surface area contributed by atoms with E-state index in [0.29, 0.717) is 21.2 Å². The van der Waals surface area contributed by atoms with Gasteiger partial charge in [-0.3, -0.25) is 9.59 Å². The van der Waals surface area contributed by atoms with Gasteiger partial charge in [0.15, 0.2) is 5.16 Å². The molecule has 0 bridgehead atoms. The number of nitrogens with one attached hydrogen (secondary N) is 2. The second kappa shape index (κ2) is 8.94. The van der Waals surface area contributed by atoms with E-state index in [0.717, 1.165) is 41.5 Å². The quantitative estimate of drug-likeness (QED) is 0.430. The van der Waals surface area contributed by atoms with E-state index in [2.05, 4.69) is 21.4 Å². The van der Waals surface area contributed by atoms with Crippen molar-refractivity contribution in [2.75, 3.05) is 11.1 Å². The van der Waals surface area contributed by atoms with E-state index >= 15 is 0 Å². The number of hydrogen-bond donors (Lipinski definition) is 2. The van der Waals surface area contributed by atoms with Gasteiger partial charge in [-0.1, -0.05) is 35.5 Å². The molecular formula is C21H14ClN5O2S2. The highest BCUT2D eigenvalue weighted by Gasteiger charge is 2.23. The molecule has 0 spiro atoms. The molecule has 0 unspecified atom stereocenters. The minimum atomic E-state index is -0.577. The standard InChI is InChI=1S/C21H14ClN5O2S2/c22-12-6-4-11(5-7-12)18-15(9-24)19(29)27-21(26-18)30-10-17(28)25-20-14(8-23)13-2-1-3-16(13)31-20/h4-7H,1-3,10H2,(H,25,28)(H,26,27,29). The number of thioether (sulfide) groups is 1. The summed E-state index contributed by atoms with van der Waals surface area (Å²) in [6, 6.07) is 10.7. The zero-order valence-corrected chi connectivity index (χ0v) is 18.4. The van der Waals surface area contributed by atoms with Crippen LogP contribution >= 0.6 is 34.7 Å². The minimum absolute atomic E-state index is 0.0116. The Morgan fingerprint density at radius 1 is 1.23 bits per heavy atom. The van der Waals surface area contributed by atoms with E-state index in [-0.39, 0.29) is 28.1 Å². The van der Waals surface area contributed by atoms with E-state index in [1.54, 1.807) is 24.3 Å². The van der Waals surface area contributed by atoms with E-state index in [4.69, 9.17) is 11.6 Å². The largest absolute Gasteiger partial charge is 0.316 e. The second-order valence-electron chi connectivity index (χ2n) is 6.72. The smallest absolute Gasteiger partial charge is 0.270 e. The predicted octanol–water partition coefficient (Wildman–Crippen LogP) is 4.11. The molecule has 3 aromatic rings. The van der Waals surface area contributed by atoms with Gasteiger partial charge in [0.25, 0.3) is 5.56 Å². The molecule has 0 atom stereocenters. The van der Waals surface area contributed by atoms with Gasteiger partial charge >= 0.3 is 0 Å². The number of aryl methyl sites for hydroxylation is 1. The number of halogens is 1. The average molecular weight is 468 g/mol. The van der Waals surface area contributed by atoms with Crippen LogP contribution in [0.5, 0.6) is 0 Å². The van der Waals surface area contributed by atoms with Crippen molar-refractivity contribution in [2.45, 2.75) is 24.4 Å². The van der Waals surface area contributed by atoms with Crippen molar-refractivity contribution in [3.05, 3.63) is 61.2 Å². The zero-order chi connectivity index (χ0) is 22.0. The average Bonchev–Trinajstić information content (AvgIpc) is 3.33. The van der Waals surface area contributed by atoms with Crippen molar-refractivity contribution in [1.82, 2.24) is 9.97 Å². The Bertz CT molecular complexity index is 1320. The SMILES string of the molecule is N#Cc1c(NC(=O)CSc2nc(-c3ccc(Cl)cc3)c(C#N)c(=O)[nH]2)sc2c1CCC2. The van der Waals surface area contributed by atoms with Crippen LogP contribution < -0.4 is 10.9 Å². The van der Waals surface area contributed by atoms with E-state index < -0.39 is 5.56 Å². The molecule has 1 aliphatic carbocycles. The van der Waals surface area contributed by atoms with Crippen molar-refractivity contribution in [2.24, 2.45) is 0 Å². The Hall–Kier alpha value is -3.11. The maximum Gasteiger partial charge on any atom is 0.270 e. The molecule has 31 heavy (non-hydrogen) atoms. The molecule has 2 N–H and O–H groups in total. The maximum absolute atomic E-state index is 12.5. The number of carbonyl (C=O) groups is 1. The highest BCUT2D eigenvalue weighted by molar-refractivity contribution is 7.99. The molecule has 4 rings (SSSR count). The lowest BCUT2D eigenvalue weighted by molar-refractivity contribution is -0.113. The molecule has 1 amide bonds. The van der Waals surface area contributed by atoms with Gasteiger partial charge in [-0.05, 0) is 37.0 Å². The van der Waals surface area contributed by atoms with Crippen LogP contribution in [0.1, 0.15) is 28.0 Å². The third kappa shape index (κ3) is 4.35. The number of nitriles is 2. The fourth-order valence-corrected chi connectivity index (χ4v) is 5.39. The van der Waals surface area contributed by atoms with Crippen LogP contribution in [0, 0.1) is 22.7 Å².